The number of aliphatic hydroxyl groups excluding tert-OH is 4. The lowest BCUT2D eigenvalue weighted by atomic mass is 9.99. The highest BCUT2D eigenvalue weighted by Gasteiger charge is 2.44. The Morgan fingerprint density at radius 1 is 0.612 bits per heavy atom. The van der Waals surface area contributed by atoms with Crippen molar-refractivity contribution < 1.29 is 49.0 Å². The van der Waals surface area contributed by atoms with Crippen molar-refractivity contribution in [3.63, 3.8) is 0 Å². The van der Waals surface area contributed by atoms with E-state index in [1.165, 1.54) is 83.5 Å². The second-order valence-corrected chi connectivity index (χ2v) is 13.7. The number of hydrogen-bond acceptors (Lipinski definition) is 10. The summed E-state index contributed by atoms with van der Waals surface area (Å²) >= 11 is 0. The molecular formula is C39H72O10. The van der Waals surface area contributed by atoms with Crippen LogP contribution in [0.1, 0.15) is 168 Å². The van der Waals surface area contributed by atoms with Gasteiger partial charge in [-0.15, -0.1) is 0 Å². The van der Waals surface area contributed by atoms with Crippen molar-refractivity contribution in [2.45, 2.75) is 205 Å². The summed E-state index contributed by atoms with van der Waals surface area (Å²) in [5.74, 6) is -0.815. The fourth-order valence-electron chi connectivity index (χ4n) is 5.95. The highest BCUT2D eigenvalue weighted by molar-refractivity contribution is 5.70. The van der Waals surface area contributed by atoms with E-state index in [1.807, 2.05) is 0 Å². The number of allylic oxidation sites excluding steroid dienone is 2. The van der Waals surface area contributed by atoms with E-state index >= 15 is 0 Å². The number of aliphatic hydroxyl groups is 4. The van der Waals surface area contributed by atoms with Crippen molar-refractivity contribution in [2.75, 3.05) is 19.8 Å². The van der Waals surface area contributed by atoms with Crippen LogP contribution in [0.4, 0.5) is 0 Å². The van der Waals surface area contributed by atoms with Gasteiger partial charge in [0.2, 0.25) is 0 Å². The number of carbonyl (C=O) groups excluding carboxylic acids is 2. The van der Waals surface area contributed by atoms with Crippen LogP contribution in [-0.2, 0) is 28.5 Å². The maximum absolute atomic E-state index is 12.6. The molecule has 0 amide bonds. The number of carbonyl (C=O) groups is 2. The minimum absolute atomic E-state index is 0.216. The lowest BCUT2D eigenvalue weighted by molar-refractivity contribution is -0.305. The predicted octanol–water partition coefficient (Wildman–Crippen LogP) is 7.22. The van der Waals surface area contributed by atoms with Crippen molar-refractivity contribution in [3.8, 4) is 0 Å². The highest BCUT2D eigenvalue weighted by Crippen LogP contribution is 2.22. The molecule has 0 aromatic rings. The molecule has 1 fully saturated rings. The maximum atomic E-state index is 12.6. The molecule has 288 valence electrons. The standard InChI is InChI=1S/C39H72O10/c1-3-5-7-9-11-12-13-14-15-16-17-18-19-20-22-23-25-27-34(41)46-30-32(48-35(42)28-26-24-21-10-8-6-4-2)31-47-39-38(45)37(44)36(43)33(29-40)49-39/h14-15,32-33,36-40,43-45H,3-13,16-31H2,1-2H3/b15-14+/t32-,33-,36+,37?,38?,39-/m0/s1. The lowest BCUT2D eigenvalue weighted by Gasteiger charge is -2.39. The van der Waals surface area contributed by atoms with Crippen LogP contribution in [0.2, 0.25) is 0 Å². The van der Waals surface area contributed by atoms with Crippen LogP contribution < -0.4 is 0 Å². The smallest absolute Gasteiger partial charge is 0.306 e. The van der Waals surface area contributed by atoms with Gasteiger partial charge >= 0.3 is 11.9 Å². The van der Waals surface area contributed by atoms with Gasteiger partial charge in [0.25, 0.3) is 0 Å². The molecule has 2 unspecified atom stereocenters. The van der Waals surface area contributed by atoms with Gasteiger partial charge in [-0.2, -0.15) is 0 Å². The average Bonchev–Trinajstić information content (AvgIpc) is 3.10. The molecule has 0 aromatic heterocycles. The van der Waals surface area contributed by atoms with E-state index in [-0.39, 0.29) is 32.0 Å². The third-order valence-electron chi connectivity index (χ3n) is 9.15. The van der Waals surface area contributed by atoms with Crippen LogP contribution in [0, 0.1) is 0 Å². The highest BCUT2D eigenvalue weighted by atomic mass is 16.7. The van der Waals surface area contributed by atoms with Gasteiger partial charge in [0.05, 0.1) is 13.2 Å². The number of rotatable bonds is 32. The molecule has 49 heavy (non-hydrogen) atoms. The van der Waals surface area contributed by atoms with Gasteiger partial charge in [-0.1, -0.05) is 129 Å². The zero-order chi connectivity index (χ0) is 36.0. The van der Waals surface area contributed by atoms with Crippen LogP contribution in [-0.4, -0.2) is 89.0 Å². The van der Waals surface area contributed by atoms with E-state index in [9.17, 15) is 30.0 Å². The van der Waals surface area contributed by atoms with Gasteiger partial charge in [-0.05, 0) is 38.5 Å². The Labute approximate surface area is 297 Å². The fraction of sp³-hybridized carbons (Fsp3) is 0.897. The van der Waals surface area contributed by atoms with E-state index in [0.29, 0.717) is 6.42 Å². The average molecular weight is 701 g/mol. The van der Waals surface area contributed by atoms with Crippen molar-refractivity contribution in [3.05, 3.63) is 12.2 Å². The largest absolute Gasteiger partial charge is 0.462 e. The van der Waals surface area contributed by atoms with Crippen LogP contribution in [0.5, 0.6) is 0 Å². The van der Waals surface area contributed by atoms with E-state index in [1.54, 1.807) is 0 Å². The Balaban J connectivity index is 2.31. The topological polar surface area (TPSA) is 152 Å². The summed E-state index contributed by atoms with van der Waals surface area (Å²) in [6, 6.07) is 0. The number of ether oxygens (including phenoxy) is 4. The first-order chi connectivity index (χ1) is 23.8. The number of hydrogen-bond donors (Lipinski definition) is 4. The molecule has 0 saturated carbocycles. The van der Waals surface area contributed by atoms with E-state index in [2.05, 4.69) is 26.0 Å². The Kier molecular flexibility index (Phi) is 28.9. The third-order valence-corrected chi connectivity index (χ3v) is 9.15. The lowest BCUT2D eigenvalue weighted by Crippen LogP contribution is -2.59. The van der Waals surface area contributed by atoms with Crippen LogP contribution in [0.3, 0.4) is 0 Å². The minimum Gasteiger partial charge on any atom is -0.462 e. The predicted molar refractivity (Wildman–Crippen MR) is 192 cm³/mol. The van der Waals surface area contributed by atoms with Crippen LogP contribution in [0.25, 0.3) is 0 Å². The zero-order valence-corrected chi connectivity index (χ0v) is 30.9. The SMILES string of the molecule is CCCCCCCC/C=C/CCCCCCCCCC(=O)OC[C@@H](CO[C@H]1O[C@@H](CO)[C@@H](O)C(O)C1O)OC(=O)CCCCCCCCC. The molecule has 10 nitrogen and oxygen atoms in total. The van der Waals surface area contributed by atoms with Crippen molar-refractivity contribution >= 4 is 11.9 Å². The molecule has 0 radical (unpaired) electrons. The molecule has 6 atom stereocenters. The molecule has 4 N–H and O–H groups in total. The molecule has 1 aliphatic rings. The second-order valence-electron chi connectivity index (χ2n) is 13.7. The Morgan fingerprint density at radius 3 is 1.59 bits per heavy atom. The molecule has 1 rings (SSSR count). The third kappa shape index (κ3) is 23.5. The van der Waals surface area contributed by atoms with Crippen LogP contribution >= 0.6 is 0 Å². The summed E-state index contributed by atoms with van der Waals surface area (Å²) in [4.78, 5) is 25.0. The molecule has 10 heteroatoms. The van der Waals surface area contributed by atoms with Gasteiger partial charge in [0.1, 0.15) is 31.0 Å². The summed E-state index contributed by atoms with van der Waals surface area (Å²) in [5, 5.41) is 39.8. The molecular weight excluding hydrogens is 628 g/mol. The Bertz CT molecular complexity index is 820. The van der Waals surface area contributed by atoms with Gasteiger partial charge < -0.3 is 39.4 Å². The first-order valence-electron chi connectivity index (χ1n) is 19.8. The van der Waals surface area contributed by atoms with Crippen LogP contribution in [0.15, 0.2) is 12.2 Å². The molecule has 1 saturated heterocycles. The molecule has 1 heterocycles. The van der Waals surface area contributed by atoms with E-state index < -0.39 is 49.4 Å². The van der Waals surface area contributed by atoms with Crippen molar-refractivity contribution in [1.29, 1.82) is 0 Å². The Hall–Kier alpha value is -1.56. The maximum Gasteiger partial charge on any atom is 0.306 e. The summed E-state index contributed by atoms with van der Waals surface area (Å²) in [7, 11) is 0. The first kappa shape index (κ1) is 45.5. The van der Waals surface area contributed by atoms with E-state index in [0.717, 1.165) is 51.4 Å². The van der Waals surface area contributed by atoms with Gasteiger partial charge in [-0.3, -0.25) is 9.59 Å². The number of unbranched alkanes of at least 4 members (excludes halogenated alkanes) is 19. The molecule has 0 bridgehead atoms. The summed E-state index contributed by atoms with van der Waals surface area (Å²) < 4.78 is 22.0. The van der Waals surface area contributed by atoms with Gasteiger partial charge in [0, 0.05) is 12.8 Å². The molecule has 1 aliphatic heterocycles. The molecule has 0 aromatic carbocycles. The van der Waals surface area contributed by atoms with Crippen molar-refractivity contribution in [1.82, 2.24) is 0 Å². The monoisotopic (exact) mass is 701 g/mol. The summed E-state index contributed by atoms with van der Waals surface area (Å²) in [6.45, 7) is 3.35. The fourth-order valence-corrected chi connectivity index (χ4v) is 5.95. The molecule has 0 spiro atoms. The number of esters is 2. The van der Waals surface area contributed by atoms with Crippen molar-refractivity contribution in [2.24, 2.45) is 0 Å². The van der Waals surface area contributed by atoms with Gasteiger partial charge in [0.15, 0.2) is 12.4 Å². The van der Waals surface area contributed by atoms with Gasteiger partial charge in [-0.25, -0.2) is 0 Å². The normalized spacial score (nSPS) is 21.6. The summed E-state index contributed by atoms with van der Waals surface area (Å²) in [5.41, 5.74) is 0. The summed E-state index contributed by atoms with van der Waals surface area (Å²) in [6.07, 6.45) is 22.5. The molecule has 0 aliphatic carbocycles. The quantitative estimate of drug-likeness (QED) is 0.0322. The Morgan fingerprint density at radius 2 is 1.08 bits per heavy atom. The van der Waals surface area contributed by atoms with E-state index in [4.69, 9.17) is 18.9 Å². The first-order valence-corrected chi connectivity index (χ1v) is 19.8. The minimum atomic E-state index is -1.59. The zero-order valence-electron chi connectivity index (χ0n) is 30.9. The second kappa shape index (κ2) is 31.2.